The van der Waals surface area contributed by atoms with Gasteiger partial charge in [-0.15, -0.1) is 0 Å². The smallest absolute Gasteiger partial charge is 0.246 e. The van der Waals surface area contributed by atoms with Crippen LogP contribution in [-0.4, -0.2) is 60.0 Å². The molecule has 2 aliphatic rings. The largest absolute Gasteiger partial charge is 0.334 e. The van der Waals surface area contributed by atoms with E-state index in [0.717, 1.165) is 31.9 Å². The zero-order valence-electron chi connectivity index (χ0n) is 10.5. The Bertz CT molecular complexity index is 436. The monoisotopic (exact) mass is 246 g/mol. The third-order valence-electron chi connectivity index (χ3n) is 3.77. The maximum Gasteiger partial charge on any atom is 0.246 e. The van der Waals surface area contributed by atoms with Gasteiger partial charge in [-0.25, -0.2) is 0 Å². The van der Waals surface area contributed by atoms with Crippen LogP contribution in [0.5, 0.6) is 0 Å². The first-order valence-electron chi connectivity index (χ1n) is 6.40. The molecule has 5 heteroatoms. The Kier molecular flexibility index (Phi) is 3.01. The van der Waals surface area contributed by atoms with Crippen LogP contribution in [0.2, 0.25) is 0 Å². The number of carbonyl (C=O) groups is 1. The number of nitrogens with one attached hydrogen (secondary N) is 1. The number of rotatable bonds is 1. The Hall–Kier alpha value is -1.46. The fraction of sp³-hybridized carbons (Fsp3) is 0.538. The van der Waals surface area contributed by atoms with Crippen LogP contribution in [0.4, 0.5) is 0 Å². The molecule has 1 N–H and O–H groups in total. The molecule has 3 heterocycles. The predicted octanol–water partition coefficient (Wildman–Crippen LogP) is -0.131. The van der Waals surface area contributed by atoms with E-state index in [0.29, 0.717) is 6.04 Å². The van der Waals surface area contributed by atoms with Gasteiger partial charge in [0.25, 0.3) is 0 Å². The van der Waals surface area contributed by atoms with Crippen molar-refractivity contribution in [2.45, 2.75) is 12.1 Å². The summed E-state index contributed by atoms with van der Waals surface area (Å²) in [6.45, 7) is 3.49. The lowest BCUT2D eigenvalue weighted by molar-refractivity contribution is -0.146. The summed E-state index contributed by atoms with van der Waals surface area (Å²) >= 11 is 0. The highest BCUT2D eigenvalue weighted by Crippen LogP contribution is 2.27. The minimum Gasteiger partial charge on any atom is -0.334 e. The average Bonchev–Trinajstić information content (AvgIpc) is 2.40. The van der Waals surface area contributed by atoms with E-state index in [1.807, 2.05) is 30.1 Å². The number of piperazine rings is 2. The topological polar surface area (TPSA) is 48.5 Å². The van der Waals surface area contributed by atoms with E-state index in [2.05, 4.69) is 15.2 Å². The van der Waals surface area contributed by atoms with Crippen LogP contribution in [0.25, 0.3) is 0 Å². The molecular formula is C13H18N4O. The van der Waals surface area contributed by atoms with E-state index < -0.39 is 0 Å². The summed E-state index contributed by atoms with van der Waals surface area (Å²) < 4.78 is 0. The lowest BCUT2D eigenvalue weighted by Crippen LogP contribution is -2.63. The average molecular weight is 246 g/mol. The summed E-state index contributed by atoms with van der Waals surface area (Å²) in [6.07, 6.45) is 1.75. The highest BCUT2D eigenvalue weighted by Gasteiger charge is 2.40. The van der Waals surface area contributed by atoms with Crippen molar-refractivity contribution in [3.05, 3.63) is 30.1 Å². The van der Waals surface area contributed by atoms with Crippen LogP contribution >= 0.6 is 0 Å². The first-order valence-corrected chi connectivity index (χ1v) is 6.40. The number of amides is 1. The number of hydrogen-bond donors (Lipinski definition) is 1. The second kappa shape index (κ2) is 4.66. The molecule has 0 aliphatic carbocycles. The van der Waals surface area contributed by atoms with E-state index in [1.165, 1.54) is 0 Å². The molecule has 3 rings (SSSR count). The van der Waals surface area contributed by atoms with Gasteiger partial charge in [-0.2, -0.15) is 0 Å². The zero-order chi connectivity index (χ0) is 12.5. The number of carbonyl (C=O) groups excluding carboxylic acids is 1. The van der Waals surface area contributed by atoms with Crippen molar-refractivity contribution < 1.29 is 4.79 Å². The van der Waals surface area contributed by atoms with Gasteiger partial charge in [-0.1, -0.05) is 6.07 Å². The Labute approximate surface area is 107 Å². The van der Waals surface area contributed by atoms with Crippen molar-refractivity contribution >= 4 is 5.91 Å². The zero-order valence-corrected chi connectivity index (χ0v) is 10.5. The van der Waals surface area contributed by atoms with Crippen molar-refractivity contribution in [3.63, 3.8) is 0 Å². The lowest BCUT2D eigenvalue weighted by Gasteiger charge is -2.46. The van der Waals surface area contributed by atoms with Crippen molar-refractivity contribution in [2.75, 3.05) is 33.2 Å². The van der Waals surface area contributed by atoms with Crippen LogP contribution < -0.4 is 5.32 Å². The minimum absolute atomic E-state index is 0.189. The Morgan fingerprint density at radius 2 is 2.33 bits per heavy atom. The third kappa shape index (κ3) is 1.89. The van der Waals surface area contributed by atoms with Crippen molar-refractivity contribution in [2.24, 2.45) is 0 Å². The second-order valence-corrected chi connectivity index (χ2v) is 4.99. The van der Waals surface area contributed by atoms with Crippen LogP contribution in [-0.2, 0) is 4.79 Å². The van der Waals surface area contributed by atoms with Crippen molar-refractivity contribution in [1.29, 1.82) is 0 Å². The van der Waals surface area contributed by atoms with Crippen LogP contribution in [0, 0.1) is 0 Å². The van der Waals surface area contributed by atoms with Crippen LogP contribution in [0.3, 0.4) is 0 Å². The molecule has 2 atom stereocenters. The molecule has 1 amide bonds. The third-order valence-corrected chi connectivity index (χ3v) is 3.77. The lowest BCUT2D eigenvalue weighted by atomic mass is 10.0. The molecule has 2 aliphatic heterocycles. The summed E-state index contributed by atoms with van der Waals surface area (Å²) in [7, 11) is 2.00. The Balaban J connectivity index is 1.89. The highest BCUT2D eigenvalue weighted by atomic mass is 16.2. The van der Waals surface area contributed by atoms with E-state index in [-0.39, 0.29) is 11.9 Å². The highest BCUT2D eigenvalue weighted by molar-refractivity contribution is 5.84. The van der Waals surface area contributed by atoms with E-state index in [1.54, 1.807) is 6.20 Å². The minimum atomic E-state index is -0.222. The molecule has 0 saturated carbocycles. The molecule has 2 saturated heterocycles. The van der Waals surface area contributed by atoms with Gasteiger partial charge in [0.15, 0.2) is 0 Å². The molecule has 0 radical (unpaired) electrons. The number of fused-ring (bicyclic) bond motifs is 1. The SMILES string of the molecule is CN1CC2CNCCN2C(=O)C1c1ccccn1. The van der Waals surface area contributed by atoms with Gasteiger partial charge in [0.05, 0.1) is 11.7 Å². The molecule has 5 nitrogen and oxygen atoms in total. The van der Waals surface area contributed by atoms with Crippen molar-refractivity contribution in [1.82, 2.24) is 20.1 Å². The fourth-order valence-corrected chi connectivity index (χ4v) is 2.89. The van der Waals surface area contributed by atoms with E-state index in [4.69, 9.17) is 0 Å². The Morgan fingerprint density at radius 1 is 1.44 bits per heavy atom. The standard InChI is InChI=1S/C13H18N4O/c1-16-9-10-8-14-6-7-17(10)13(18)12(16)11-4-2-3-5-15-11/h2-5,10,12,14H,6-9H2,1H3. The van der Waals surface area contributed by atoms with Gasteiger partial charge >= 0.3 is 0 Å². The van der Waals surface area contributed by atoms with Gasteiger partial charge in [-0.05, 0) is 19.2 Å². The van der Waals surface area contributed by atoms with Gasteiger partial charge in [-0.3, -0.25) is 14.7 Å². The molecule has 0 aromatic carbocycles. The van der Waals surface area contributed by atoms with E-state index >= 15 is 0 Å². The fourth-order valence-electron chi connectivity index (χ4n) is 2.89. The molecule has 18 heavy (non-hydrogen) atoms. The second-order valence-electron chi connectivity index (χ2n) is 4.99. The number of pyridine rings is 1. The Morgan fingerprint density at radius 3 is 3.11 bits per heavy atom. The van der Waals surface area contributed by atoms with Gasteiger partial charge in [0.1, 0.15) is 6.04 Å². The summed E-state index contributed by atoms with van der Waals surface area (Å²) in [4.78, 5) is 21.0. The molecule has 2 fully saturated rings. The molecule has 96 valence electrons. The summed E-state index contributed by atoms with van der Waals surface area (Å²) in [5, 5.41) is 3.34. The summed E-state index contributed by atoms with van der Waals surface area (Å²) in [5.41, 5.74) is 0.849. The predicted molar refractivity (Wildman–Crippen MR) is 68.0 cm³/mol. The molecule has 1 aromatic rings. The molecule has 0 spiro atoms. The van der Waals surface area contributed by atoms with Gasteiger partial charge in [0.2, 0.25) is 5.91 Å². The maximum atomic E-state index is 12.6. The van der Waals surface area contributed by atoms with E-state index in [9.17, 15) is 4.79 Å². The van der Waals surface area contributed by atoms with Crippen LogP contribution in [0.15, 0.2) is 24.4 Å². The number of likely N-dealkylation sites (N-methyl/N-ethyl adjacent to an activating group) is 1. The number of aromatic nitrogens is 1. The maximum absolute atomic E-state index is 12.6. The molecule has 1 aromatic heterocycles. The normalized spacial score (nSPS) is 29.2. The first kappa shape index (κ1) is 11.6. The summed E-state index contributed by atoms with van der Waals surface area (Å²) in [6, 6.07) is 5.83. The molecule has 2 unspecified atom stereocenters. The number of hydrogen-bond acceptors (Lipinski definition) is 4. The van der Waals surface area contributed by atoms with Gasteiger partial charge < -0.3 is 10.2 Å². The quantitative estimate of drug-likeness (QED) is 0.750. The first-order chi connectivity index (χ1) is 8.77. The van der Waals surface area contributed by atoms with Crippen LogP contribution in [0.1, 0.15) is 11.7 Å². The number of nitrogens with zero attached hydrogens (tertiary/aromatic N) is 3. The molecular weight excluding hydrogens is 228 g/mol. The molecule has 0 bridgehead atoms. The van der Waals surface area contributed by atoms with Crippen molar-refractivity contribution in [3.8, 4) is 0 Å². The summed E-state index contributed by atoms with van der Waals surface area (Å²) in [5.74, 6) is 0.189. The van der Waals surface area contributed by atoms with Gasteiger partial charge in [0, 0.05) is 32.4 Å².